The van der Waals surface area contributed by atoms with Crippen LogP contribution in [0.3, 0.4) is 0 Å². The summed E-state index contributed by atoms with van der Waals surface area (Å²) < 4.78 is 0. The summed E-state index contributed by atoms with van der Waals surface area (Å²) in [7, 11) is 1.87. The second-order valence-corrected chi connectivity index (χ2v) is 2.70. The number of nitrogens with two attached hydrogens (primary N) is 2. The summed E-state index contributed by atoms with van der Waals surface area (Å²) in [6.45, 7) is 4.00. The van der Waals surface area contributed by atoms with Crippen molar-refractivity contribution in [3.05, 3.63) is 29.8 Å². The topological polar surface area (TPSA) is 76.4 Å². The van der Waals surface area contributed by atoms with Crippen molar-refractivity contribution >= 4 is 11.5 Å². The number of anilines is 1. The van der Waals surface area contributed by atoms with Crippen molar-refractivity contribution in [1.29, 1.82) is 0 Å². The number of rotatable bonds is 3. The summed E-state index contributed by atoms with van der Waals surface area (Å²) in [6.07, 6.45) is 0.577. The lowest BCUT2D eigenvalue weighted by Crippen LogP contribution is -2.17. The molecule has 0 bridgehead atoms. The smallest absolute Gasteiger partial charge is 0.123 e. The Balaban J connectivity index is 0.000000921. The zero-order valence-corrected chi connectivity index (χ0v) is 9.62. The highest BCUT2D eigenvalue weighted by atomic mass is 15.1. The standard InChI is InChI=1S/C9H14N4.C2H6/c1-12-8-5-3-2-4-7(8)6-9(10)13-11;1-2/h2-5,12H,6,11H2,1H3,(H2,10,13);1-2H3. The predicted molar refractivity (Wildman–Crippen MR) is 66.9 cm³/mol. The van der Waals surface area contributed by atoms with Crippen LogP contribution in [0, 0.1) is 0 Å². The van der Waals surface area contributed by atoms with Gasteiger partial charge in [0.2, 0.25) is 0 Å². The van der Waals surface area contributed by atoms with E-state index in [0.717, 1.165) is 11.3 Å². The molecule has 0 aliphatic rings. The molecule has 1 aromatic carbocycles. The maximum atomic E-state index is 5.53. The van der Waals surface area contributed by atoms with Gasteiger partial charge in [-0.2, -0.15) is 5.10 Å². The highest BCUT2D eigenvalue weighted by Crippen LogP contribution is 2.14. The van der Waals surface area contributed by atoms with Crippen LogP contribution >= 0.6 is 0 Å². The Morgan fingerprint density at radius 1 is 1.33 bits per heavy atom. The molecule has 5 N–H and O–H groups in total. The number of nitrogens with one attached hydrogen (secondary N) is 1. The summed E-state index contributed by atoms with van der Waals surface area (Å²) in [4.78, 5) is 0. The van der Waals surface area contributed by atoms with E-state index in [-0.39, 0.29) is 0 Å². The lowest BCUT2D eigenvalue weighted by molar-refractivity contribution is 1.17. The first-order valence-corrected chi connectivity index (χ1v) is 5.05. The van der Waals surface area contributed by atoms with Gasteiger partial charge in [0.15, 0.2) is 0 Å². The van der Waals surface area contributed by atoms with E-state index in [4.69, 9.17) is 11.6 Å². The molecule has 4 heteroatoms. The molecule has 0 atom stereocenters. The molecule has 0 radical (unpaired) electrons. The quantitative estimate of drug-likeness (QED) is 0.305. The fraction of sp³-hybridized carbons (Fsp3) is 0.364. The molecule has 0 amide bonds. The van der Waals surface area contributed by atoms with Crippen LogP contribution in [0.1, 0.15) is 19.4 Å². The van der Waals surface area contributed by atoms with Gasteiger partial charge < -0.3 is 16.9 Å². The van der Waals surface area contributed by atoms with Crippen LogP contribution in [0.5, 0.6) is 0 Å². The first-order chi connectivity index (χ1) is 7.27. The van der Waals surface area contributed by atoms with Gasteiger partial charge >= 0.3 is 0 Å². The van der Waals surface area contributed by atoms with Crippen molar-refractivity contribution in [3.63, 3.8) is 0 Å². The molecule has 0 aromatic heterocycles. The molecule has 0 aliphatic heterocycles. The molecule has 4 nitrogen and oxygen atoms in total. The van der Waals surface area contributed by atoms with Crippen molar-refractivity contribution in [2.24, 2.45) is 16.7 Å². The normalized spacial score (nSPS) is 10.2. The molecular weight excluding hydrogens is 188 g/mol. The van der Waals surface area contributed by atoms with Crippen molar-refractivity contribution in [2.75, 3.05) is 12.4 Å². The van der Waals surface area contributed by atoms with Crippen molar-refractivity contribution in [1.82, 2.24) is 0 Å². The fourth-order valence-corrected chi connectivity index (χ4v) is 1.16. The van der Waals surface area contributed by atoms with Crippen molar-refractivity contribution in [2.45, 2.75) is 20.3 Å². The number of para-hydroxylation sites is 1. The number of benzene rings is 1. The summed E-state index contributed by atoms with van der Waals surface area (Å²) in [6, 6.07) is 7.90. The third kappa shape index (κ3) is 4.35. The van der Waals surface area contributed by atoms with E-state index in [1.54, 1.807) is 0 Å². The highest BCUT2D eigenvalue weighted by molar-refractivity contribution is 5.83. The van der Waals surface area contributed by atoms with E-state index in [1.807, 2.05) is 45.2 Å². The zero-order valence-electron chi connectivity index (χ0n) is 9.62. The third-order valence-electron chi connectivity index (χ3n) is 1.82. The number of nitrogens with zero attached hydrogens (tertiary/aromatic N) is 1. The second-order valence-electron chi connectivity index (χ2n) is 2.70. The maximum absolute atomic E-state index is 5.53. The van der Waals surface area contributed by atoms with Crippen LogP contribution in [0.15, 0.2) is 29.4 Å². The average Bonchev–Trinajstić information content (AvgIpc) is 2.32. The van der Waals surface area contributed by atoms with Gasteiger partial charge in [-0.3, -0.25) is 0 Å². The summed E-state index contributed by atoms with van der Waals surface area (Å²) in [5.74, 6) is 5.49. The summed E-state index contributed by atoms with van der Waals surface area (Å²) in [5, 5.41) is 6.50. The van der Waals surface area contributed by atoms with Gasteiger partial charge in [0.1, 0.15) is 5.84 Å². The summed E-state index contributed by atoms with van der Waals surface area (Å²) in [5.41, 5.74) is 7.67. The lowest BCUT2D eigenvalue weighted by Gasteiger charge is -2.07. The Morgan fingerprint density at radius 2 is 1.93 bits per heavy atom. The van der Waals surface area contributed by atoms with Crippen LogP contribution in [-0.4, -0.2) is 12.9 Å². The first kappa shape index (κ1) is 13.3. The van der Waals surface area contributed by atoms with E-state index in [9.17, 15) is 0 Å². The van der Waals surface area contributed by atoms with Crippen LogP contribution < -0.4 is 16.9 Å². The van der Waals surface area contributed by atoms with Gasteiger partial charge in [0.05, 0.1) is 0 Å². The van der Waals surface area contributed by atoms with Gasteiger partial charge in [-0.1, -0.05) is 32.0 Å². The van der Waals surface area contributed by atoms with E-state index >= 15 is 0 Å². The molecule has 0 spiro atoms. The molecule has 0 heterocycles. The molecule has 0 aliphatic carbocycles. The third-order valence-corrected chi connectivity index (χ3v) is 1.82. The lowest BCUT2D eigenvalue weighted by atomic mass is 10.1. The first-order valence-electron chi connectivity index (χ1n) is 5.05. The number of hydrogen-bond acceptors (Lipinski definition) is 3. The van der Waals surface area contributed by atoms with Crippen LogP contribution in [-0.2, 0) is 6.42 Å². The molecule has 1 rings (SSSR count). The minimum absolute atomic E-state index is 0.433. The Kier molecular flexibility index (Phi) is 6.80. The number of amidine groups is 1. The SMILES string of the molecule is CC.CNc1ccccc1C/C(N)=N/N. The second kappa shape index (κ2) is 7.67. The van der Waals surface area contributed by atoms with E-state index in [1.165, 1.54) is 0 Å². The van der Waals surface area contributed by atoms with Crippen LogP contribution in [0.4, 0.5) is 5.69 Å². The highest BCUT2D eigenvalue weighted by Gasteiger charge is 2.01. The van der Waals surface area contributed by atoms with Crippen LogP contribution in [0.25, 0.3) is 0 Å². The minimum Gasteiger partial charge on any atom is -0.388 e. The molecule has 0 unspecified atom stereocenters. The van der Waals surface area contributed by atoms with Gasteiger partial charge in [-0.15, -0.1) is 0 Å². The van der Waals surface area contributed by atoms with Gasteiger partial charge in [0.25, 0.3) is 0 Å². The van der Waals surface area contributed by atoms with Crippen molar-refractivity contribution in [3.8, 4) is 0 Å². The van der Waals surface area contributed by atoms with Crippen LogP contribution in [0.2, 0.25) is 0 Å². The van der Waals surface area contributed by atoms with Gasteiger partial charge in [-0.05, 0) is 11.6 Å². The van der Waals surface area contributed by atoms with E-state index in [0.29, 0.717) is 12.3 Å². The molecule has 0 saturated heterocycles. The fourth-order valence-electron chi connectivity index (χ4n) is 1.16. The van der Waals surface area contributed by atoms with E-state index in [2.05, 4.69) is 10.4 Å². The largest absolute Gasteiger partial charge is 0.388 e. The predicted octanol–water partition coefficient (Wildman–Crippen LogP) is 1.53. The van der Waals surface area contributed by atoms with Gasteiger partial charge in [0, 0.05) is 19.2 Å². The average molecular weight is 208 g/mol. The Morgan fingerprint density at radius 3 is 2.47 bits per heavy atom. The molecule has 0 fully saturated rings. The Bertz CT molecular complexity index is 307. The van der Waals surface area contributed by atoms with E-state index < -0.39 is 0 Å². The molecular formula is C11H20N4. The number of hydrazone groups is 1. The summed E-state index contributed by atoms with van der Waals surface area (Å²) >= 11 is 0. The monoisotopic (exact) mass is 208 g/mol. The molecule has 15 heavy (non-hydrogen) atoms. The van der Waals surface area contributed by atoms with Crippen molar-refractivity contribution < 1.29 is 0 Å². The zero-order chi connectivity index (χ0) is 11.7. The molecule has 1 aromatic rings. The number of hydrogen-bond donors (Lipinski definition) is 3. The molecule has 0 saturated carbocycles. The van der Waals surface area contributed by atoms with Gasteiger partial charge in [-0.25, -0.2) is 0 Å². The Labute approximate surface area is 91.4 Å². The minimum atomic E-state index is 0.433. The Hall–Kier alpha value is -1.71. The molecule has 84 valence electrons. The maximum Gasteiger partial charge on any atom is 0.123 e.